The van der Waals surface area contributed by atoms with Crippen LogP contribution in [0.4, 0.5) is 27.4 Å². The highest BCUT2D eigenvalue weighted by atomic mass is 19.1. The number of halogens is 1. The number of methoxy groups -OCH3 is 1. The minimum absolute atomic E-state index is 0.306. The molecule has 3 heterocycles. The van der Waals surface area contributed by atoms with Crippen LogP contribution in [-0.4, -0.2) is 35.0 Å². The number of anilines is 4. The van der Waals surface area contributed by atoms with Crippen molar-refractivity contribution >= 4 is 28.9 Å². The lowest BCUT2D eigenvalue weighted by molar-refractivity contribution is 0.0963. The first-order valence-corrected chi connectivity index (χ1v) is 7.97. The lowest BCUT2D eigenvalue weighted by atomic mass is 10.2. The molecule has 3 aromatic heterocycles. The number of ether oxygens (including phenoxy) is 1. The van der Waals surface area contributed by atoms with Crippen molar-refractivity contribution < 1.29 is 13.9 Å². The molecule has 8 nitrogen and oxygen atoms in total. The molecule has 0 saturated heterocycles. The van der Waals surface area contributed by atoms with E-state index in [1.165, 1.54) is 32.5 Å². The highest BCUT2D eigenvalue weighted by Crippen LogP contribution is 2.28. The Balaban J connectivity index is 1.95. The van der Waals surface area contributed by atoms with Crippen molar-refractivity contribution in [1.82, 2.24) is 20.3 Å². The number of aromatic nitrogens is 3. The maximum atomic E-state index is 13.0. The summed E-state index contributed by atoms with van der Waals surface area (Å²) in [6.45, 7) is 0. The van der Waals surface area contributed by atoms with E-state index >= 15 is 0 Å². The first-order valence-electron chi connectivity index (χ1n) is 7.97. The summed E-state index contributed by atoms with van der Waals surface area (Å²) in [6, 6.07) is 7.93. The summed E-state index contributed by atoms with van der Waals surface area (Å²) in [5, 5.41) is 8.67. The average molecular weight is 368 g/mol. The third-order valence-corrected chi connectivity index (χ3v) is 3.59. The minimum Gasteiger partial charge on any atom is -0.480 e. The van der Waals surface area contributed by atoms with E-state index < -0.39 is 5.82 Å². The quantitative estimate of drug-likeness (QED) is 0.615. The first kappa shape index (κ1) is 18.1. The van der Waals surface area contributed by atoms with Crippen molar-refractivity contribution in [3.8, 4) is 5.88 Å². The molecule has 0 unspecified atom stereocenters. The Morgan fingerprint density at radius 1 is 1.04 bits per heavy atom. The molecular formula is C18H17FN6O2. The van der Waals surface area contributed by atoms with Crippen molar-refractivity contribution in [3.05, 3.63) is 60.3 Å². The molecule has 0 atom stereocenters. The molecule has 138 valence electrons. The molecule has 0 radical (unpaired) electrons. The zero-order valence-corrected chi connectivity index (χ0v) is 14.7. The lowest BCUT2D eigenvalue weighted by Crippen LogP contribution is -2.19. The summed E-state index contributed by atoms with van der Waals surface area (Å²) in [7, 11) is 3.04. The van der Waals surface area contributed by atoms with Crippen LogP contribution in [0.25, 0.3) is 0 Å². The van der Waals surface area contributed by atoms with Crippen molar-refractivity contribution in [3.63, 3.8) is 0 Å². The maximum Gasteiger partial charge on any atom is 0.254 e. The molecule has 0 aliphatic carbocycles. The SMILES string of the molecule is CNC(=O)c1cnc(Nc2ccc(F)cn2)cc1Nc1cccnc1OC. The van der Waals surface area contributed by atoms with Crippen LogP contribution in [0.2, 0.25) is 0 Å². The van der Waals surface area contributed by atoms with E-state index in [4.69, 9.17) is 4.74 Å². The third kappa shape index (κ3) is 4.27. The zero-order chi connectivity index (χ0) is 19.2. The number of nitrogens with one attached hydrogen (secondary N) is 3. The molecule has 0 aliphatic rings. The van der Waals surface area contributed by atoms with Gasteiger partial charge in [-0.05, 0) is 24.3 Å². The molecule has 0 aromatic carbocycles. The van der Waals surface area contributed by atoms with Gasteiger partial charge in [-0.1, -0.05) is 0 Å². The van der Waals surface area contributed by atoms with Gasteiger partial charge in [0, 0.05) is 25.5 Å². The van der Waals surface area contributed by atoms with E-state index in [-0.39, 0.29) is 5.91 Å². The molecular weight excluding hydrogens is 351 g/mol. The zero-order valence-electron chi connectivity index (χ0n) is 14.7. The molecule has 0 aliphatic heterocycles. The first-order chi connectivity index (χ1) is 13.1. The summed E-state index contributed by atoms with van der Waals surface area (Å²) in [5.74, 6) is 0.481. The number of hydrogen-bond acceptors (Lipinski definition) is 7. The second kappa shape index (κ2) is 8.09. The van der Waals surface area contributed by atoms with Gasteiger partial charge < -0.3 is 20.7 Å². The molecule has 0 fully saturated rings. The van der Waals surface area contributed by atoms with Crippen molar-refractivity contribution in [2.75, 3.05) is 24.8 Å². The third-order valence-electron chi connectivity index (χ3n) is 3.59. The Morgan fingerprint density at radius 3 is 2.56 bits per heavy atom. The van der Waals surface area contributed by atoms with E-state index in [2.05, 4.69) is 30.9 Å². The van der Waals surface area contributed by atoms with E-state index in [1.54, 1.807) is 24.4 Å². The van der Waals surface area contributed by atoms with Gasteiger partial charge in [0.25, 0.3) is 5.91 Å². The Kier molecular flexibility index (Phi) is 5.41. The van der Waals surface area contributed by atoms with Crippen LogP contribution in [-0.2, 0) is 0 Å². The average Bonchev–Trinajstić information content (AvgIpc) is 2.70. The topological polar surface area (TPSA) is 101 Å². The van der Waals surface area contributed by atoms with Gasteiger partial charge in [0.05, 0.1) is 24.6 Å². The standard InChI is InChI=1S/C18H17FN6O2/c1-20-17(26)12-10-23-16(25-15-6-5-11(19)9-22-15)8-14(12)24-13-4-3-7-21-18(13)27-2/h3-10H,1-2H3,(H,20,26)(H2,22,23,24,25). The minimum atomic E-state index is -0.436. The van der Waals surface area contributed by atoms with Gasteiger partial charge in [-0.15, -0.1) is 0 Å². The second-order valence-corrected chi connectivity index (χ2v) is 5.37. The second-order valence-electron chi connectivity index (χ2n) is 5.37. The van der Waals surface area contributed by atoms with Crippen LogP contribution < -0.4 is 20.7 Å². The molecule has 3 aromatic rings. The van der Waals surface area contributed by atoms with Gasteiger partial charge in [-0.2, -0.15) is 0 Å². The van der Waals surface area contributed by atoms with E-state index in [1.807, 2.05) is 0 Å². The van der Waals surface area contributed by atoms with Crippen LogP contribution >= 0.6 is 0 Å². The van der Waals surface area contributed by atoms with E-state index in [0.29, 0.717) is 34.5 Å². The van der Waals surface area contributed by atoms with Gasteiger partial charge in [-0.25, -0.2) is 19.3 Å². The summed E-state index contributed by atoms with van der Waals surface area (Å²) in [5.41, 5.74) is 1.41. The monoisotopic (exact) mass is 368 g/mol. The predicted octanol–water partition coefficient (Wildman–Crippen LogP) is 2.87. The van der Waals surface area contributed by atoms with Crippen LogP contribution in [0.5, 0.6) is 5.88 Å². The Labute approximate surface area is 154 Å². The molecule has 0 spiro atoms. The van der Waals surface area contributed by atoms with Crippen LogP contribution in [0.15, 0.2) is 48.9 Å². The van der Waals surface area contributed by atoms with Gasteiger partial charge in [0.15, 0.2) is 0 Å². The Morgan fingerprint density at radius 2 is 1.85 bits per heavy atom. The van der Waals surface area contributed by atoms with Gasteiger partial charge in [-0.3, -0.25) is 4.79 Å². The number of rotatable bonds is 6. The predicted molar refractivity (Wildman–Crippen MR) is 99.2 cm³/mol. The molecule has 3 rings (SSSR count). The fourth-order valence-corrected chi connectivity index (χ4v) is 2.32. The van der Waals surface area contributed by atoms with Gasteiger partial charge in [0.2, 0.25) is 5.88 Å². The molecule has 9 heteroatoms. The fourth-order valence-electron chi connectivity index (χ4n) is 2.32. The van der Waals surface area contributed by atoms with E-state index in [0.717, 1.165) is 6.20 Å². The van der Waals surface area contributed by atoms with Gasteiger partial charge >= 0.3 is 0 Å². The fraction of sp³-hybridized carbons (Fsp3) is 0.111. The largest absolute Gasteiger partial charge is 0.480 e. The number of carbonyl (C=O) groups excluding carboxylic acids is 1. The van der Waals surface area contributed by atoms with Crippen LogP contribution in [0.1, 0.15) is 10.4 Å². The molecule has 0 saturated carbocycles. The van der Waals surface area contributed by atoms with Crippen molar-refractivity contribution in [1.29, 1.82) is 0 Å². The normalized spacial score (nSPS) is 10.2. The number of nitrogens with zero attached hydrogens (tertiary/aromatic N) is 3. The maximum absolute atomic E-state index is 13.0. The van der Waals surface area contributed by atoms with Crippen LogP contribution in [0.3, 0.4) is 0 Å². The van der Waals surface area contributed by atoms with Crippen molar-refractivity contribution in [2.24, 2.45) is 0 Å². The van der Waals surface area contributed by atoms with Crippen LogP contribution in [0, 0.1) is 5.82 Å². The van der Waals surface area contributed by atoms with Gasteiger partial charge in [0.1, 0.15) is 23.1 Å². The molecule has 3 N–H and O–H groups in total. The van der Waals surface area contributed by atoms with Crippen molar-refractivity contribution in [2.45, 2.75) is 0 Å². The summed E-state index contributed by atoms with van der Waals surface area (Å²) in [6.07, 6.45) is 4.13. The number of hydrogen-bond donors (Lipinski definition) is 3. The highest BCUT2D eigenvalue weighted by Gasteiger charge is 2.14. The lowest BCUT2D eigenvalue weighted by Gasteiger charge is -2.14. The Bertz CT molecular complexity index is 949. The number of carbonyl (C=O) groups is 1. The summed E-state index contributed by atoms with van der Waals surface area (Å²) < 4.78 is 18.2. The summed E-state index contributed by atoms with van der Waals surface area (Å²) in [4.78, 5) is 24.4. The molecule has 1 amide bonds. The number of amides is 1. The highest BCUT2D eigenvalue weighted by molar-refractivity contribution is 6.00. The number of pyridine rings is 3. The summed E-state index contributed by atoms with van der Waals surface area (Å²) >= 11 is 0. The Hall–Kier alpha value is -3.75. The molecule has 27 heavy (non-hydrogen) atoms. The van der Waals surface area contributed by atoms with E-state index in [9.17, 15) is 9.18 Å². The molecule has 0 bridgehead atoms. The smallest absolute Gasteiger partial charge is 0.254 e.